The zero-order valence-corrected chi connectivity index (χ0v) is 13.8. The van der Waals surface area contributed by atoms with Crippen LogP contribution in [0.15, 0.2) is 24.3 Å². The van der Waals surface area contributed by atoms with Crippen LogP contribution in [-0.2, 0) is 11.2 Å². The fourth-order valence-electron chi connectivity index (χ4n) is 1.34. The summed E-state index contributed by atoms with van der Waals surface area (Å²) in [7, 11) is 0. The standard InChI is InChI=1S/C11H14N3O3.U/c12-6-10(15)9(13)5-7-1-3-8(4-2-7)14-11(16)17;/h1-4,9,13-14H,5-6,12H2,(H,16,17);/t9-;/m0./s1. The first kappa shape index (κ1) is 17.1. The maximum absolute atomic E-state index is 11.1. The number of nitrogens with one attached hydrogen (secondary N) is 2. The van der Waals surface area contributed by atoms with Crippen LogP contribution < -0.4 is 16.8 Å². The van der Waals surface area contributed by atoms with Gasteiger partial charge in [-0.1, -0.05) is 12.1 Å². The van der Waals surface area contributed by atoms with Gasteiger partial charge in [-0.05, 0) is 24.1 Å². The summed E-state index contributed by atoms with van der Waals surface area (Å²) in [4.78, 5) is 21.5. The molecule has 1 aromatic carbocycles. The van der Waals surface area contributed by atoms with E-state index in [4.69, 9.17) is 16.6 Å². The smallest absolute Gasteiger partial charge is 0.409 e. The molecule has 7 heteroatoms. The molecule has 0 saturated carbocycles. The Balaban J connectivity index is 0.00000289. The van der Waals surface area contributed by atoms with Gasteiger partial charge in [0, 0.05) is 36.8 Å². The van der Waals surface area contributed by atoms with Gasteiger partial charge in [0.15, 0.2) is 5.78 Å². The van der Waals surface area contributed by atoms with Gasteiger partial charge >= 0.3 is 6.09 Å². The number of nitrogens with two attached hydrogens (primary N) is 1. The van der Waals surface area contributed by atoms with Gasteiger partial charge in [-0.2, -0.15) is 0 Å². The molecule has 0 fully saturated rings. The summed E-state index contributed by atoms with van der Waals surface area (Å²) in [5.41, 5.74) is 13.9. The topological polar surface area (TPSA) is 116 Å². The third-order valence-electron chi connectivity index (χ3n) is 2.23. The molecule has 0 unspecified atom stereocenters. The Morgan fingerprint density at radius 1 is 1.33 bits per heavy atom. The van der Waals surface area contributed by atoms with E-state index in [9.17, 15) is 9.59 Å². The molecule has 1 atom stereocenters. The molecule has 0 aliphatic carbocycles. The number of hydrogen-bond donors (Lipinski definition) is 3. The van der Waals surface area contributed by atoms with Gasteiger partial charge in [0.1, 0.15) is 0 Å². The van der Waals surface area contributed by atoms with Crippen molar-refractivity contribution in [3.8, 4) is 0 Å². The predicted molar refractivity (Wildman–Crippen MR) is 62.7 cm³/mol. The van der Waals surface area contributed by atoms with Crippen LogP contribution in [0.5, 0.6) is 0 Å². The molecule has 18 heavy (non-hydrogen) atoms. The second-order valence-corrected chi connectivity index (χ2v) is 3.55. The second kappa shape index (κ2) is 8.27. The fraction of sp³-hybridized carbons (Fsp3) is 0.273. The van der Waals surface area contributed by atoms with E-state index in [2.05, 4.69) is 5.32 Å². The number of rotatable bonds is 5. The van der Waals surface area contributed by atoms with Crippen molar-refractivity contribution in [1.29, 1.82) is 0 Å². The van der Waals surface area contributed by atoms with E-state index in [1.54, 1.807) is 24.3 Å². The van der Waals surface area contributed by atoms with Crippen LogP contribution in [0.3, 0.4) is 0 Å². The van der Waals surface area contributed by atoms with Crippen LogP contribution in [0.1, 0.15) is 5.56 Å². The van der Waals surface area contributed by atoms with Crippen LogP contribution >= 0.6 is 0 Å². The minimum atomic E-state index is -1.13. The summed E-state index contributed by atoms with van der Waals surface area (Å²) in [6.45, 7) is -0.132. The van der Waals surface area contributed by atoms with Gasteiger partial charge in [0.2, 0.25) is 0 Å². The Kier molecular flexibility index (Phi) is 7.87. The van der Waals surface area contributed by atoms with Crippen molar-refractivity contribution >= 4 is 17.6 Å². The van der Waals surface area contributed by atoms with Crippen molar-refractivity contribution < 1.29 is 45.8 Å². The first-order valence-corrected chi connectivity index (χ1v) is 5.05. The summed E-state index contributed by atoms with van der Waals surface area (Å²) in [5, 5.41) is 10.7. The molecule has 0 bridgehead atoms. The molecule has 0 aromatic heterocycles. The molecule has 0 heterocycles. The number of carboxylic acid groups (broad SMARTS) is 1. The largest absolute Gasteiger partial charge is 0.465 e. The molecule has 6 nitrogen and oxygen atoms in total. The second-order valence-electron chi connectivity index (χ2n) is 3.55. The number of benzene rings is 1. The Morgan fingerprint density at radius 2 is 1.89 bits per heavy atom. The van der Waals surface area contributed by atoms with E-state index in [0.717, 1.165) is 5.56 Å². The molecule has 1 radical (unpaired) electrons. The van der Waals surface area contributed by atoms with Crippen molar-refractivity contribution in [2.75, 3.05) is 11.9 Å². The average molecular weight is 474 g/mol. The number of ketones is 1. The third kappa shape index (κ3) is 5.65. The maximum Gasteiger partial charge on any atom is 0.409 e. The number of amides is 1. The maximum atomic E-state index is 11.1. The quantitative estimate of drug-likeness (QED) is 0.577. The molecule has 0 aliphatic rings. The first-order chi connectivity index (χ1) is 8.02. The van der Waals surface area contributed by atoms with E-state index in [0.29, 0.717) is 5.69 Å². The third-order valence-corrected chi connectivity index (χ3v) is 2.23. The zero-order chi connectivity index (χ0) is 12.8. The fourth-order valence-corrected chi connectivity index (χ4v) is 1.34. The van der Waals surface area contributed by atoms with Crippen LogP contribution in [0.2, 0.25) is 0 Å². The van der Waals surface area contributed by atoms with E-state index in [1.807, 2.05) is 0 Å². The van der Waals surface area contributed by atoms with Gasteiger partial charge in [0.25, 0.3) is 0 Å². The van der Waals surface area contributed by atoms with Crippen molar-refractivity contribution in [1.82, 2.24) is 5.73 Å². The summed E-state index contributed by atoms with van der Waals surface area (Å²) in [5.74, 6) is -0.308. The minimum Gasteiger partial charge on any atom is -0.465 e. The molecular formula is C11H14N3O3U. The number of anilines is 1. The monoisotopic (exact) mass is 474 g/mol. The summed E-state index contributed by atoms with van der Waals surface area (Å²) in [6.07, 6.45) is -0.849. The molecule has 0 spiro atoms. The van der Waals surface area contributed by atoms with Crippen LogP contribution in [0.25, 0.3) is 0 Å². The Hall–Kier alpha value is -0.868. The zero-order valence-electron chi connectivity index (χ0n) is 9.64. The van der Waals surface area contributed by atoms with Crippen LogP contribution in [0, 0.1) is 31.1 Å². The van der Waals surface area contributed by atoms with Gasteiger partial charge < -0.3 is 10.8 Å². The van der Waals surface area contributed by atoms with Gasteiger partial charge in [-0.25, -0.2) is 10.5 Å². The van der Waals surface area contributed by atoms with E-state index < -0.39 is 12.1 Å². The van der Waals surface area contributed by atoms with E-state index in [1.165, 1.54) is 0 Å². The number of carbonyl (C=O) groups is 2. The molecule has 1 aromatic rings. The Labute approximate surface area is 128 Å². The van der Waals surface area contributed by atoms with Gasteiger partial charge in [0.05, 0.1) is 12.6 Å². The Morgan fingerprint density at radius 3 is 2.33 bits per heavy atom. The van der Waals surface area contributed by atoms with Crippen molar-refractivity contribution in [3.63, 3.8) is 0 Å². The Bertz CT molecular complexity index is 408. The summed E-state index contributed by atoms with van der Waals surface area (Å²) >= 11 is 0. The van der Waals surface area contributed by atoms with Crippen LogP contribution in [0.4, 0.5) is 10.5 Å². The van der Waals surface area contributed by atoms with Crippen LogP contribution in [-0.4, -0.2) is 29.6 Å². The van der Waals surface area contributed by atoms with Gasteiger partial charge in [-0.15, -0.1) is 0 Å². The summed E-state index contributed by atoms with van der Waals surface area (Å²) < 4.78 is 0. The van der Waals surface area contributed by atoms with Gasteiger partial charge in [-0.3, -0.25) is 10.1 Å². The average Bonchev–Trinajstić information content (AvgIpc) is 2.30. The minimum absolute atomic E-state index is 0. The predicted octanol–water partition coefficient (Wildman–Crippen LogP) is 0.498. The number of carbonyl (C=O) groups excluding carboxylic acids is 1. The number of Topliss-reactive ketones (excluding diaryl/α,β-unsaturated/α-hetero) is 1. The van der Waals surface area contributed by atoms with E-state index in [-0.39, 0.29) is 49.9 Å². The van der Waals surface area contributed by atoms with Crippen molar-refractivity contribution in [2.45, 2.75) is 12.5 Å². The van der Waals surface area contributed by atoms with Crippen molar-refractivity contribution in [2.24, 2.45) is 5.73 Å². The molecule has 5 N–H and O–H groups in total. The van der Waals surface area contributed by atoms with Crippen molar-refractivity contribution in [3.05, 3.63) is 29.8 Å². The molecular weight excluding hydrogens is 460 g/mol. The van der Waals surface area contributed by atoms with E-state index >= 15 is 0 Å². The molecule has 1 amide bonds. The molecule has 95 valence electrons. The first-order valence-electron chi connectivity index (χ1n) is 5.05. The SMILES string of the molecule is [NH][C@@H](Cc1ccc(NC(=O)O)cc1)C(=O)CN.[U]. The molecule has 0 aliphatic heterocycles. The molecule has 0 saturated heterocycles. The number of hydrogen-bond acceptors (Lipinski definition) is 3. The normalized spacial score (nSPS) is 11.2. The molecule has 1 rings (SSSR count). The summed E-state index contributed by atoms with van der Waals surface area (Å²) in [6, 6.07) is 5.66.